The number of ether oxygens (including phenoxy) is 1. The van der Waals surface area contributed by atoms with E-state index in [9.17, 15) is 14.4 Å². The second kappa shape index (κ2) is 8.01. The van der Waals surface area contributed by atoms with Gasteiger partial charge in [-0.1, -0.05) is 0 Å². The number of aliphatic hydroxyl groups is 1. The minimum absolute atomic E-state index is 0.0503. The smallest absolute Gasteiger partial charge is 0.337 e. The van der Waals surface area contributed by atoms with Crippen LogP contribution in [0.15, 0.2) is 23.4 Å². The fourth-order valence-electron chi connectivity index (χ4n) is 2.70. The zero-order chi connectivity index (χ0) is 19.4. The van der Waals surface area contributed by atoms with Crippen LogP contribution in [-0.2, 0) is 19.1 Å². The number of amides is 2. The standard InChI is InChI=1S/C18H23N3O5/c1-10-7-14(19-12(3)23)15(8-11(10)2)20-16-13(18(25)26-4)9-21(5-6-22)17(16)24/h7-8,20,22H,5-6,9H2,1-4H3,(H,19,23). The number of rotatable bonds is 6. The van der Waals surface area contributed by atoms with Crippen molar-refractivity contribution in [2.75, 3.05) is 37.4 Å². The van der Waals surface area contributed by atoms with Crippen LogP contribution < -0.4 is 10.6 Å². The van der Waals surface area contributed by atoms with E-state index in [-0.39, 0.29) is 36.9 Å². The van der Waals surface area contributed by atoms with Crippen molar-refractivity contribution >= 4 is 29.2 Å². The van der Waals surface area contributed by atoms with Crippen LogP contribution >= 0.6 is 0 Å². The predicted molar refractivity (Wildman–Crippen MR) is 96.6 cm³/mol. The minimum Gasteiger partial charge on any atom is -0.466 e. The molecule has 0 aliphatic carbocycles. The van der Waals surface area contributed by atoms with Gasteiger partial charge in [0.1, 0.15) is 5.70 Å². The molecule has 0 bridgehead atoms. The molecule has 26 heavy (non-hydrogen) atoms. The van der Waals surface area contributed by atoms with E-state index >= 15 is 0 Å². The molecule has 0 unspecified atom stereocenters. The molecule has 3 N–H and O–H groups in total. The topological polar surface area (TPSA) is 108 Å². The molecule has 1 aromatic carbocycles. The maximum Gasteiger partial charge on any atom is 0.337 e. The van der Waals surface area contributed by atoms with Gasteiger partial charge in [-0.25, -0.2) is 4.79 Å². The number of benzene rings is 1. The van der Waals surface area contributed by atoms with Crippen molar-refractivity contribution in [1.82, 2.24) is 4.90 Å². The lowest BCUT2D eigenvalue weighted by Crippen LogP contribution is -2.31. The van der Waals surface area contributed by atoms with Crippen molar-refractivity contribution < 1.29 is 24.2 Å². The summed E-state index contributed by atoms with van der Waals surface area (Å²) < 4.78 is 4.77. The molecule has 0 aromatic heterocycles. The Morgan fingerprint density at radius 3 is 2.38 bits per heavy atom. The van der Waals surface area contributed by atoms with Crippen molar-refractivity contribution in [3.05, 3.63) is 34.5 Å². The minimum atomic E-state index is -0.619. The molecule has 0 saturated heterocycles. The fourth-order valence-corrected chi connectivity index (χ4v) is 2.70. The quantitative estimate of drug-likeness (QED) is 0.651. The molecule has 2 rings (SSSR count). The van der Waals surface area contributed by atoms with Crippen LogP contribution in [0.3, 0.4) is 0 Å². The van der Waals surface area contributed by atoms with Gasteiger partial charge in [0.15, 0.2) is 0 Å². The predicted octanol–water partition coefficient (Wildman–Crippen LogP) is 0.935. The van der Waals surface area contributed by atoms with Gasteiger partial charge < -0.3 is 25.4 Å². The van der Waals surface area contributed by atoms with Gasteiger partial charge in [-0.05, 0) is 37.1 Å². The Bertz CT molecular complexity index is 785. The molecule has 2 amide bonds. The van der Waals surface area contributed by atoms with Crippen LogP contribution in [0.1, 0.15) is 18.1 Å². The number of β-amino-alcohol motifs (C(OH)–C–C–N with tert-alkyl or cyclic N) is 1. The highest BCUT2D eigenvalue weighted by molar-refractivity contribution is 6.09. The maximum absolute atomic E-state index is 12.6. The summed E-state index contributed by atoms with van der Waals surface area (Å²) in [5.41, 5.74) is 3.20. The molecule has 0 spiro atoms. The summed E-state index contributed by atoms with van der Waals surface area (Å²) in [6, 6.07) is 3.59. The number of aliphatic hydroxyl groups excluding tert-OH is 1. The van der Waals surface area contributed by atoms with Gasteiger partial charge >= 0.3 is 5.97 Å². The number of methoxy groups -OCH3 is 1. The molecule has 0 atom stereocenters. The largest absolute Gasteiger partial charge is 0.466 e. The Kier molecular flexibility index (Phi) is 5.99. The van der Waals surface area contributed by atoms with Gasteiger partial charge in [0.2, 0.25) is 5.91 Å². The SMILES string of the molecule is COC(=O)C1=C(Nc2cc(C)c(C)cc2NC(C)=O)C(=O)N(CCO)C1. The number of esters is 1. The van der Waals surface area contributed by atoms with Crippen molar-refractivity contribution in [1.29, 1.82) is 0 Å². The number of carbonyl (C=O) groups is 3. The molecule has 8 nitrogen and oxygen atoms in total. The molecule has 1 aromatic rings. The zero-order valence-corrected chi connectivity index (χ0v) is 15.3. The first-order valence-electron chi connectivity index (χ1n) is 8.16. The number of nitrogens with zero attached hydrogens (tertiary/aromatic N) is 1. The number of carbonyl (C=O) groups excluding carboxylic acids is 3. The Morgan fingerprint density at radius 1 is 1.23 bits per heavy atom. The van der Waals surface area contributed by atoms with E-state index in [1.807, 2.05) is 13.8 Å². The second-order valence-electron chi connectivity index (χ2n) is 6.08. The average Bonchev–Trinajstić information content (AvgIpc) is 2.88. The second-order valence-corrected chi connectivity index (χ2v) is 6.08. The van der Waals surface area contributed by atoms with E-state index in [0.29, 0.717) is 11.4 Å². The summed E-state index contributed by atoms with van der Waals surface area (Å²) >= 11 is 0. The summed E-state index contributed by atoms with van der Waals surface area (Å²) in [7, 11) is 1.24. The van der Waals surface area contributed by atoms with Crippen molar-refractivity contribution in [2.24, 2.45) is 0 Å². The fraction of sp³-hybridized carbons (Fsp3) is 0.389. The van der Waals surface area contributed by atoms with Gasteiger partial charge in [-0.15, -0.1) is 0 Å². The van der Waals surface area contributed by atoms with Crippen LogP contribution in [0.2, 0.25) is 0 Å². The lowest BCUT2D eigenvalue weighted by atomic mass is 10.1. The van der Waals surface area contributed by atoms with Crippen LogP contribution in [0.5, 0.6) is 0 Å². The molecule has 140 valence electrons. The molecule has 0 saturated carbocycles. The molecular weight excluding hydrogens is 338 g/mol. The van der Waals surface area contributed by atoms with Crippen molar-refractivity contribution in [2.45, 2.75) is 20.8 Å². The third kappa shape index (κ3) is 4.02. The first-order chi connectivity index (χ1) is 12.3. The zero-order valence-electron chi connectivity index (χ0n) is 15.3. The highest BCUT2D eigenvalue weighted by Crippen LogP contribution is 2.30. The summed E-state index contributed by atoms with van der Waals surface area (Å²) in [6.07, 6.45) is 0. The number of anilines is 2. The van der Waals surface area contributed by atoms with Gasteiger partial charge in [-0.3, -0.25) is 9.59 Å². The van der Waals surface area contributed by atoms with E-state index in [4.69, 9.17) is 9.84 Å². The third-order valence-electron chi connectivity index (χ3n) is 4.16. The number of hydrogen-bond donors (Lipinski definition) is 3. The summed E-state index contributed by atoms with van der Waals surface area (Å²) in [6.45, 7) is 5.15. The lowest BCUT2D eigenvalue weighted by molar-refractivity contribution is -0.136. The van der Waals surface area contributed by atoms with E-state index in [1.165, 1.54) is 18.9 Å². The van der Waals surface area contributed by atoms with Gasteiger partial charge in [0.25, 0.3) is 5.91 Å². The van der Waals surface area contributed by atoms with E-state index in [2.05, 4.69) is 10.6 Å². The lowest BCUT2D eigenvalue weighted by Gasteiger charge is -2.17. The molecule has 1 aliphatic heterocycles. The normalized spacial score (nSPS) is 13.9. The molecule has 0 radical (unpaired) electrons. The van der Waals surface area contributed by atoms with Crippen LogP contribution in [0, 0.1) is 13.8 Å². The average molecular weight is 361 g/mol. The first kappa shape index (κ1) is 19.5. The summed E-state index contributed by atoms with van der Waals surface area (Å²) in [4.78, 5) is 37.5. The number of aryl methyl sites for hydroxylation is 2. The van der Waals surface area contributed by atoms with Crippen molar-refractivity contribution in [3.8, 4) is 0 Å². The Balaban J connectivity index is 2.46. The van der Waals surface area contributed by atoms with Gasteiger partial charge in [0.05, 0.1) is 37.2 Å². The van der Waals surface area contributed by atoms with Crippen LogP contribution in [-0.4, -0.2) is 54.6 Å². The van der Waals surface area contributed by atoms with Gasteiger partial charge in [0, 0.05) is 13.5 Å². The molecule has 1 aliphatic rings. The molecule has 8 heteroatoms. The van der Waals surface area contributed by atoms with Crippen LogP contribution in [0.4, 0.5) is 11.4 Å². The Morgan fingerprint density at radius 2 is 1.85 bits per heavy atom. The summed E-state index contributed by atoms with van der Waals surface area (Å²) in [5, 5.41) is 14.8. The third-order valence-corrected chi connectivity index (χ3v) is 4.16. The Hall–Kier alpha value is -2.87. The van der Waals surface area contributed by atoms with Gasteiger partial charge in [-0.2, -0.15) is 0 Å². The number of nitrogens with one attached hydrogen (secondary N) is 2. The maximum atomic E-state index is 12.6. The monoisotopic (exact) mass is 361 g/mol. The molecule has 1 heterocycles. The van der Waals surface area contributed by atoms with E-state index in [1.54, 1.807) is 12.1 Å². The Labute approximate surface area is 151 Å². The highest BCUT2D eigenvalue weighted by Gasteiger charge is 2.34. The first-order valence-corrected chi connectivity index (χ1v) is 8.16. The molecule has 0 fully saturated rings. The van der Waals surface area contributed by atoms with E-state index < -0.39 is 11.9 Å². The summed E-state index contributed by atoms with van der Waals surface area (Å²) in [5.74, 6) is -1.28. The van der Waals surface area contributed by atoms with Crippen LogP contribution in [0.25, 0.3) is 0 Å². The highest BCUT2D eigenvalue weighted by atomic mass is 16.5. The number of hydrogen-bond acceptors (Lipinski definition) is 6. The van der Waals surface area contributed by atoms with E-state index in [0.717, 1.165) is 11.1 Å². The van der Waals surface area contributed by atoms with Crippen molar-refractivity contribution in [3.63, 3.8) is 0 Å². The molecular formula is C18H23N3O5.